The van der Waals surface area contributed by atoms with Crippen LogP contribution < -0.4 is 4.90 Å². The van der Waals surface area contributed by atoms with E-state index < -0.39 is 0 Å². The van der Waals surface area contributed by atoms with Crippen molar-refractivity contribution in [3.05, 3.63) is 17.4 Å². The molecule has 1 aromatic heterocycles. The highest BCUT2D eigenvalue weighted by Crippen LogP contribution is 2.27. The van der Waals surface area contributed by atoms with Crippen molar-refractivity contribution in [3.8, 4) is 0 Å². The molecule has 2 rings (SSSR count). The largest absolute Gasteiger partial charge is 0.311 e. The molecular formula is C16H23ClN4OS. The Bertz CT molecular complexity index is 631. The first-order valence-electron chi connectivity index (χ1n) is 7.64. The van der Waals surface area contributed by atoms with Crippen molar-refractivity contribution in [2.75, 3.05) is 24.2 Å². The average molecular weight is 355 g/mol. The molecule has 0 radical (unpaired) electrons. The number of carbonyl (C=O) groups excluding carboxylic acids is 1. The number of anilines is 1. The van der Waals surface area contributed by atoms with Gasteiger partial charge in [0.25, 0.3) is 0 Å². The van der Waals surface area contributed by atoms with E-state index >= 15 is 0 Å². The van der Waals surface area contributed by atoms with Gasteiger partial charge in [0.15, 0.2) is 5.15 Å². The van der Waals surface area contributed by atoms with Crippen LogP contribution in [0.1, 0.15) is 33.6 Å². The monoisotopic (exact) mass is 354 g/mol. The highest BCUT2D eigenvalue weighted by Gasteiger charge is 2.19. The van der Waals surface area contributed by atoms with E-state index in [0.717, 1.165) is 24.4 Å². The molecule has 0 saturated carbocycles. The van der Waals surface area contributed by atoms with Gasteiger partial charge in [-0.2, -0.15) is 16.9 Å². The summed E-state index contributed by atoms with van der Waals surface area (Å²) >= 11 is 7.99. The number of aliphatic imine (C=N–C) groups is 1. The normalized spacial score (nSPS) is 14.7. The van der Waals surface area contributed by atoms with Gasteiger partial charge in [-0.1, -0.05) is 38.4 Å². The molecule has 0 unspecified atom stereocenters. The van der Waals surface area contributed by atoms with Gasteiger partial charge >= 0.3 is 0 Å². The lowest BCUT2D eigenvalue weighted by molar-refractivity contribution is -0.117. The molecule has 5 nitrogen and oxygen atoms in total. The van der Waals surface area contributed by atoms with Gasteiger partial charge in [-0.3, -0.25) is 9.79 Å². The Kier molecular flexibility index (Phi) is 5.92. The minimum absolute atomic E-state index is 0.0366. The van der Waals surface area contributed by atoms with Crippen LogP contribution in [0.4, 0.5) is 5.69 Å². The lowest BCUT2D eigenvalue weighted by atomic mass is 10.3. The number of rotatable bonds is 5. The summed E-state index contributed by atoms with van der Waals surface area (Å²) in [5, 5.41) is 4.60. The zero-order valence-corrected chi connectivity index (χ0v) is 15.6. The third kappa shape index (κ3) is 5.11. The minimum atomic E-state index is 0.0366. The maximum absolute atomic E-state index is 12.3. The zero-order chi connectivity index (χ0) is 17.0. The van der Waals surface area contributed by atoms with Crippen LogP contribution in [0, 0.1) is 0 Å². The topological polar surface area (TPSA) is 50.5 Å². The van der Waals surface area contributed by atoms with E-state index in [1.54, 1.807) is 40.8 Å². The van der Waals surface area contributed by atoms with Crippen molar-refractivity contribution in [1.29, 1.82) is 0 Å². The summed E-state index contributed by atoms with van der Waals surface area (Å²) in [6, 6.07) is 0. The minimum Gasteiger partial charge on any atom is -0.311 e. The molecule has 0 aliphatic carbocycles. The Labute approximate surface area is 146 Å². The second-order valence-electron chi connectivity index (χ2n) is 6.37. The molecule has 126 valence electrons. The van der Waals surface area contributed by atoms with Gasteiger partial charge < -0.3 is 4.90 Å². The van der Waals surface area contributed by atoms with Gasteiger partial charge in [0.2, 0.25) is 5.91 Å². The summed E-state index contributed by atoms with van der Waals surface area (Å²) in [6.45, 7) is 7.24. The fraction of sp³-hybridized carbons (Fsp3) is 0.562. The van der Waals surface area contributed by atoms with Gasteiger partial charge in [0, 0.05) is 36.7 Å². The Morgan fingerprint density at radius 2 is 2.22 bits per heavy atom. The molecule has 23 heavy (non-hydrogen) atoms. The summed E-state index contributed by atoms with van der Waals surface area (Å²) in [5.41, 5.74) is 1.51. The summed E-state index contributed by atoms with van der Waals surface area (Å²) in [4.78, 5) is 18.2. The van der Waals surface area contributed by atoms with Crippen LogP contribution >= 0.6 is 23.4 Å². The van der Waals surface area contributed by atoms with Gasteiger partial charge in [0.05, 0.1) is 11.9 Å². The van der Waals surface area contributed by atoms with Crippen molar-refractivity contribution in [2.45, 2.75) is 38.4 Å². The fourth-order valence-electron chi connectivity index (χ4n) is 2.10. The van der Waals surface area contributed by atoms with E-state index in [9.17, 15) is 4.79 Å². The van der Waals surface area contributed by atoms with Gasteiger partial charge in [-0.05, 0) is 6.42 Å². The maximum atomic E-state index is 12.3. The number of thioether (sulfide) groups is 1. The Morgan fingerprint density at radius 1 is 1.48 bits per heavy atom. The second-order valence-corrected chi connectivity index (χ2v) is 8.65. The number of hydrogen-bond acceptors (Lipinski definition) is 4. The molecule has 0 spiro atoms. The quantitative estimate of drug-likeness (QED) is 0.809. The Balaban J connectivity index is 2.03. The second kappa shape index (κ2) is 7.53. The molecule has 0 bridgehead atoms. The lowest BCUT2D eigenvalue weighted by Crippen LogP contribution is -2.27. The number of nitrogens with zero attached hydrogens (tertiary/aromatic N) is 4. The molecule has 1 aliphatic heterocycles. The standard InChI is InChI=1S/C16H23ClN4OS/c1-16(2,3)23-9-7-14(22)20(4)13-11-21(19-15(13)17)12-6-5-8-18-10-12/h6,10-11H,5,7-9H2,1-4H3. The molecule has 0 fully saturated rings. The SMILES string of the molecule is CN(C(=O)CCSC(C)(C)C)c1cn(C2=CCCN=C2)nc1Cl. The van der Waals surface area contributed by atoms with Crippen LogP contribution in [-0.2, 0) is 4.79 Å². The van der Waals surface area contributed by atoms with E-state index in [4.69, 9.17) is 11.6 Å². The molecule has 0 saturated heterocycles. The molecule has 1 amide bonds. The number of carbonyl (C=O) groups is 1. The van der Waals surface area contributed by atoms with Crippen molar-refractivity contribution in [1.82, 2.24) is 9.78 Å². The molecular weight excluding hydrogens is 332 g/mol. The highest BCUT2D eigenvalue weighted by molar-refractivity contribution is 8.00. The summed E-state index contributed by atoms with van der Waals surface area (Å²) in [7, 11) is 1.74. The first-order chi connectivity index (χ1) is 10.8. The van der Waals surface area contributed by atoms with Crippen molar-refractivity contribution >= 4 is 46.9 Å². The molecule has 0 N–H and O–H groups in total. The van der Waals surface area contributed by atoms with Gasteiger partial charge in [-0.25, -0.2) is 4.68 Å². The molecule has 1 aromatic rings. The highest BCUT2D eigenvalue weighted by atomic mass is 35.5. The number of dihydropyridines is 1. The first kappa shape index (κ1) is 18.1. The fourth-order valence-corrected chi connectivity index (χ4v) is 3.24. The number of halogens is 1. The molecule has 2 heterocycles. The van der Waals surface area contributed by atoms with Crippen LogP contribution in [0.2, 0.25) is 5.15 Å². The van der Waals surface area contributed by atoms with Crippen molar-refractivity contribution < 1.29 is 4.79 Å². The van der Waals surface area contributed by atoms with Crippen LogP contribution in [0.3, 0.4) is 0 Å². The van der Waals surface area contributed by atoms with E-state index in [2.05, 4.69) is 36.9 Å². The maximum Gasteiger partial charge on any atom is 0.227 e. The van der Waals surface area contributed by atoms with E-state index in [-0.39, 0.29) is 10.7 Å². The third-order valence-electron chi connectivity index (χ3n) is 3.34. The predicted octanol–water partition coefficient (Wildman–Crippen LogP) is 3.74. The number of allylic oxidation sites excluding steroid dienone is 1. The van der Waals surface area contributed by atoms with Gasteiger partial charge in [-0.15, -0.1) is 0 Å². The predicted molar refractivity (Wildman–Crippen MR) is 99.7 cm³/mol. The molecule has 0 atom stereocenters. The van der Waals surface area contributed by atoms with Crippen LogP contribution in [0.25, 0.3) is 5.70 Å². The smallest absolute Gasteiger partial charge is 0.227 e. The number of aromatic nitrogens is 2. The van der Waals surface area contributed by atoms with Crippen LogP contribution in [0.5, 0.6) is 0 Å². The van der Waals surface area contributed by atoms with Crippen LogP contribution in [-0.4, -0.2) is 46.0 Å². The Hall–Kier alpha value is -1.27. The summed E-state index contributed by atoms with van der Waals surface area (Å²) in [5.74, 6) is 0.825. The average Bonchev–Trinajstić information content (AvgIpc) is 2.88. The number of hydrogen-bond donors (Lipinski definition) is 0. The Morgan fingerprint density at radius 3 is 2.83 bits per heavy atom. The van der Waals surface area contributed by atoms with Crippen LogP contribution in [0.15, 0.2) is 17.3 Å². The number of amides is 1. The summed E-state index contributed by atoms with van der Waals surface area (Å²) < 4.78 is 1.84. The van der Waals surface area contributed by atoms with E-state index in [0.29, 0.717) is 17.3 Å². The molecule has 7 heteroatoms. The van der Waals surface area contributed by atoms with Gasteiger partial charge in [0.1, 0.15) is 5.69 Å². The summed E-state index contributed by atoms with van der Waals surface area (Å²) in [6.07, 6.45) is 6.97. The van der Waals surface area contributed by atoms with Crippen molar-refractivity contribution in [3.63, 3.8) is 0 Å². The lowest BCUT2D eigenvalue weighted by Gasteiger charge is -2.19. The van der Waals surface area contributed by atoms with E-state index in [1.165, 1.54) is 0 Å². The van der Waals surface area contributed by atoms with Crippen molar-refractivity contribution in [2.24, 2.45) is 4.99 Å². The first-order valence-corrected chi connectivity index (χ1v) is 9.00. The molecule has 0 aromatic carbocycles. The van der Waals surface area contributed by atoms with E-state index in [1.807, 2.05) is 0 Å². The zero-order valence-electron chi connectivity index (χ0n) is 14.0. The third-order valence-corrected chi connectivity index (χ3v) is 4.88. The molecule has 1 aliphatic rings.